The van der Waals surface area contributed by atoms with Crippen molar-refractivity contribution in [2.45, 2.75) is 64.6 Å². The molecule has 1 spiro atoms. The van der Waals surface area contributed by atoms with E-state index in [2.05, 4.69) is 9.97 Å². The predicted molar refractivity (Wildman–Crippen MR) is 78.1 cm³/mol. The van der Waals surface area contributed by atoms with Gasteiger partial charge < -0.3 is 14.5 Å². The molecule has 116 valence electrons. The topological polar surface area (TPSA) is 64.2 Å². The first-order valence-electron chi connectivity index (χ1n) is 8.06. The average molecular weight is 292 g/mol. The van der Waals surface area contributed by atoms with Gasteiger partial charge in [0.15, 0.2) is 0 Å². The summed E-state index contributed by atoms with van der Waals surface area (Å²) in [5.74, 6) is 0.534. The van der Waals surface area contributed by atoms with Gasteiger partial charge in [0.05, 0.1) is 12.3 Å². The van der Waals surface area contributed by atoms with E-state index in [0.717, 1.165) is 38.1 Å². The van der Waals surface area contributed by atoms with Crippen LogP contribution < -0.4 is 0 Å². The summed E-state index contributed by atoms with van der Waals surface area (Å²) in [6, 6.07) is 0. The van der Waals surface area contributed by atoms with Gasteiger partial charge >= 0.3 is 5.97 Å². The van der Waals surface area contributed by atoms with Gasteiger partial charge in [0.1, 0.15) is 17.6 Å². The number of rotatable bonds is 5. The quantitative estimate of drug-likeness (QED) is 0.848. The monoisotopic (exact) mass is 292 g/mol. The van der Waals surface area contributed by atoms with E-state index in [1.807, 2.05) is 13.8 Å². The molecule has 2 saturated carbocycles. The number of hydrogen-bond donors (Lipinski definition) is 1. The van der Waals surface area contributed by atoms with Crippen molar-refractivity contribution in [2.24, 2.45) is 5.41 Å². The van der Waals surface area contributed by atoms with Crippen LogP contribution in [0.2, 0.25) is 0 Å². The lowest BCUT2D eigenvalue weighted by Gasteiger charge is -2.52. The smallest absolute Gasteiger partial charge is 0.356 e. The highest BCUT2D eigenvalue weighted by Crippen LogP contribution is 2.56. The minimum absolute atomic E-state index is 0.00238. The molecule has 0 saturated heterocycles. The molecule has 0 amide bonds. The fraction of sp³-hybridized carbons (Fsp3) is 0.750. The number of nitrogens with one attached hydrogen (secondary N) is 1. The van der Waals surface area contributed by atoms with Crippen LogP contribution in [0.1, 0.15) is 62.3 Å². The van der Waals surface area contributed by atoms with Crippen LogP contribution in [0.5, 0.6) is 0 Å². The lowest BCUT2D eigenvalue weighted by atomic mass is 9.62. The Kier molecular flexibility index (Phi) is 4.02. The highest BCUT2D eigenvalue weighted by atomic mass is 16.6. The van der Waals surface area contributed by atoms with Gasteiger partial charge in [0, 0.05) is 24.9 Å². The second kappa shape index (κ2) is 5.79. The standard InChI is InChI=1S/C16H24N2O3/c1-3-14-17-10-11(18-14)15(19)21-13-9-12(20-4-2)16(13)7-5-6-8-16/h10,12-13H,3-9H2,1-2H3,(H,17,18). The molecule has 5 heteroatoms. The Hall–Kier alpha value is -1.36. The maximum Gasteiger partial charge on any atom is 0.356 e. The van der Waals surface area contributed by atoms with Gasteiger partial charge in [-0.15, -0.1) is 0 Å². The summed E-state index contributed by atoms with van der Waals surface area (Å²) in [4.78, 5) is 19.4. The van der Waals surface area contributed by atoms with Crippen molar-refractivity contribution < 1.29 is 14.3 Å². The van der Waals surface area contributed by atoms with E-state index in [4.69, 9.17) is 9.47 Å². The second-order valence-electron chi connectivity index (χ2n) is 6.11. The Morgan fingerprint density at radius 1 is 1.38 bits per heavy atom. The number of nitrogens with zero attached hydrogens (tertiary/aromatic N) is 1. The van der Waals surface area contributed by atoms with Crippen LogP contribution in [0.25, 0.3) is 0 Å². The molecule has 1 aromatic rings. The normalized spacial score (nSPS) is 26.8. The molecule has 2 aliphatic rings. The van der Waals surface area contributed by atoms with Gasteiger partial charge in [-0.05, 0) is 19.8 Å². The predicted octanol–water partition coefficient (Wildman–Crippen LogP) is 2.87. The summed E-state index contributed by atoms with van der Waals surface area (Å²) < 4.78 is 11.6. The summed E-state index contributed by atoms with van der Waals surface area (Å²) in [5, 5.41) is 0. The van der Waals surface area contributed by atoms with Crippen LogP contribution in [-0.2, 0) is 15.9 Å². The molecule has 1 heterocycles. The fourth-order valence-electron chi connectivity index (χ4n) is 3.83. The highest BCUT2D eigenvalue weighted by molar-refractivity contribution is 5.87. The molecular weight excluding hydrogens is 268 g/mol. The second-order valence-corrected chi connectivity index (χ2v) is 6.11. The number of H-pyrrole nitrogens is 1. The molecule has 2 atom stereocenters. The number of aromatic nitrogens is 2. The van der Waals surface area contributed by atoms with Crippen molar-refractivity contribution in [3.05, 3.63) is 17.7 Å². The number of hydrogen-bond acceptors (Lipinski definition) is 4. The number of ether oxygens (including phenoxy) is 2. The van der Waals surface area contributed by atoms with Crippen molar-refractivity contribution in [2.75, 3.05) is 6.61 Å². The van der Waals surface area contributed by atoms with Crippen molar-refractivity contribution in [1.29, 1.82) is 0 Å². The van der Waals surface area contributed by atoms with Gasteiger partial charge in [-0.2, -0.15) is 0 Å². The molecule has 0 aromatic carbocycles. The van der Waals surface area contributed by atoms with Crippen LogP contribution in [0.4, 0.5) is 0 Å². The van der Waals surface area contributed by atoms with E-state index in [-0.39, 0.29) is 23.6 Å². The Morgan fingerprint density at radius 3 is 2.76 bits per heavy atom. The van der Waals surface area contributed by atoms with Gasteiger partial charge in [-0.1, -0.05) is 19.8 Å². The van der Waals surface area contributed by atoms with Crippen LogP contribution in [0.3, 0.4) is 0 Å². The first kappa shape index (κ1) is 14.6. The molecule has 21 heavy (non-hydrogen) atoms. The number of aromatic amines is 1. The SMILES string of the molecule is CCOC1CC(OC(=O)c2cnc(CC)[nH]2)C12CCCC2. The van der Waals surface area contributed by atoms with Crippen molar-refractivity contribution in [3.8, 4) is 0 Å². The molecule has 2 fully saturated rings. The molecular formula is C16H24N2O3. The minimum atomic E-state index is -0.284. The van der Waals surface area contributed by atoms with Crippen LogP contribution in [0, 0.1) is 5.41 Å². The third-order valence-electron chi connectivity index (χ3n) is 5.05. The van der Waals surface area contributed by atoms with E-state index in [1.165, 1.54) is 12.8 Å². The molecule has 3 rings (SSSR count). The van der Waals surface area contributed by atoms with Crippen LogP contribution in [-0.4, -0.2) is 34.8 Å². The van der Waals surface area contributed by atoms with Gasteiger partial charge in [0.25, 0.3) is 0 Å². The third kappa shape index (κ3) is 2.48. The summed E-state index contributed by atoms with van der Waals surface area (Å²) in [6.45, 7) is 4.76. The van der Waals surface area contributed by atoms with Gasteiger partial charge in [-0.25, -0.2) is 9.78 Å². The Labute approximate surface area is 125 Å². The molecule has 2 unspecified atom stereocenters. The van der Waals surface area contributed by atoms with Crippen molar-refractivity contribution in [1.82, 2.24) is 9.97 Å². The average Bonchev–Trinajstić information content (AvgIpc) is 3.16. The van der Waals surface area contributed by atoms with Crippen molar-refractivity contribution in [3.63, 3.8) is 0 Å². The summed E-state index contributed by atoms with van der Waals surface area (Å²) >= 11 is 0. The Balaban J connectivity index is 1.66. The minimum Gasteiger partial charge on any atom is -0.457 e. The number of imidazole rings is 1. The van der Waals surface area contributed by atoms with Crippen molar-refractivity contribution >= 4 is 5.97 Å². The summed E-state index contributed by atoms with van der Waals surface area (Å²) in [5.41, 5.74) is 0.527. The maximum atomic E-state index is 12.2. The van der Waals surface area contributed by atoms with E-state index in [1.54, 1.807) is 6.20 Å². The lowest BCUT2D eigenvalue weighted by molar-refractivity contribution is -0.188. The number of aryl methyl sites for hydroxylation is 1. The highest BCUT2D eigenvalue weighted by Gasteiger charge is 2.58. The Morgan fingerprint density at radius 2 is 2.14 bits per heavy atom. The third-order valence-corrected chi connectivity index (χ3v) is 5.05. The number of esters is 1. The number of carbonyl (C=O) groups excluding carboxylic acids is 1. The van der Waals surface area contributed by atoms with Gasteiger partial charge in [0.2, 0.25) is 0 Å². The zero-order chi connectivity index (χ0) is 14.9. The van der Waals surface area contributed by atoms with E-state index in [0.29, 0.717) is 5.69 Å². The zero-order valence-corrected chi connectivity index (χ0v) is 12.9. The molecule has 0 aliphatic heterocycles. The van der Waals surface area contributed by atoms with E-state index < -0.39 is 0 Å². The number of carbonyl (C=O) groups is 1. The first-order valence-corrected chi connectivity index (χ1v) is 8.06. The van der Waals surface area contributed by atoms with Gasteiger partial charge in [-0.3, -0.25) is 0 Å². The molecule has 1 aromatic heterocycles. The van der Waals surface area contributed by atoms with E-state index >= 15 is 0 Å². The lowest BCUT2D eigenvalue weighted by Crippen LogP contribution is -2.58. The first-order chi connectivity index (χ1) is 10.2. The fourth-order valence-corrected chi connectivity index (χ4v) is 3.83. The van der Waals surface area contributed by atoms with Crippen LogP contribution in [0.15, 0.2) is 6.20 Å². The summed E-state index contributed by atoms with van der Waals surface area (Å²) in [6.07, 6.45) is 8.08. The molecule has 0 bridgehead atoms. The largest absolute Gasteiger partial charge is 0.457 e. The Bertz CT molecular complexity index is 505. The molecule has 1 N–H and O–H groups in total. The molecule has 0 radical (unpaired) electrons. The molecule has 2 aliphatic carbocycles. The molecule has 5 nitrogen and oxygen atoms in total. The maximum absolute atomic E-state index is 12.2. The summed E-state index contributed by atoms with van der Waals surface area (Å²) in [7, 11) is 0. The van der Waals surface area contributed by atoms with E-state index in [9.17, 15) is 4.79 Å². The zero-order valence-electron chi connectivity index (χ0n) is 12.9. The van der Waals surface area contributed by atoms with Crippen LogP contribution >= 0.6 is 0 Å².